The first-order valence-corrected chi connectivity index (χ1v) is 12.3. The van der Waals surface area contributed by atoms with Crippen molar-refractivity contribution in [2.24, 2.45) is 0 Å². The summed E-state index contributed by atoms with van der Waals surface area (Å²) in [7, 11) is -3.62. The Kier molecular flexibility index (Phi) is 5.21. The van der Waals surface area contributed by atoms with E-state index >= 15 is 0 Å². The van der Waals surface area contributed by atoms with Crippen molar-refractivity contribution in [3.05, 3.63) is 60.3 Å². The minimum atomic E-state index is -3.62. The van der Waals surface area contributed by atoms with Crippen LogP contribution < -0.4 is 10.2 Å². The fourth-order valence-corrected chi connectivity index (χ4v) is 6.01. The molecular formula is C24H27N3O2S. The molecule has 1 aromatic heterocycles. The molecule has 2 aliphatic rings. The minimum absolute atomic E-state index is 0.260. The fourth-order valence-electron chi connectivity index (χ4n) is 4.73. The molecule has 156 valence electrons. The van der Waals surface area contributed by atoms with Crippen molar-refractivity contribution in [3.63, 3.8) is 0 Å². The molecule has 0 unspecified atom stereocenters. The van der Waals surface area contributed by atoms with Gasteiger partial charge < -0.3 is 10.2 Å². The molecule has 0 spiro atoms. The molecule has 0 radical (unpaired) electrons. The third-order valence-corrected chi connectivity index (χ3v) is 8.12. The molecule has 0 aliphatic carbocycles. The van der Waals surface area contributed by atoms with Gasteiger partial charge in [-0.1, -0.05) is 24.3 Å². The lowest BCUT2D eigenvalue weighted by molar-refractivity contribution is 0.462. The molecule has 30 heavy (non-hydrogen) atoms. The van der Waals surface area contributed by atoms with Gasteiger partial charge >= 0.3 is 0 Å². The first-order valence-electron chi connectivity index (χ1n) is 10.8. The Morgan fingerprint density at radius 3 is 2.50 bits per heavy atom. The maximum absolute atomic E-state index is 13.4. The maximum atomic E-state index is 13.4. The summed E-state index contributed by atoms with van der Waals surface area (Å²) in [4.78, 5) is 7.49. The number of nitrogens with one attached hydrogen (secondary N) is 1. The van der Waals surface area contributed by atoms with E-state index in [4.69, 9.17) is 0 Å². The predicted molar refractivity (Wildman–Crippen MR) is 120 cm³/mol. The van der Waals surface area contributed by atoms with E-state index in [2.05, 4.69) is 21.3 Å². The lowest BCUT2D eigenvalue weighted by Gasteiger charge is -2.23. The fraction of sp³-hybridized carbons (Fsp3) is 0.375. The minimum Gasteiger partial charge on any atom is -0.372 e. The Bertz CT molecular complexity index is 1160. The molecule has 6 heteroatoms. The highest BCUT2D eigenvalue weighted by Crippen LogP contribution is 2.32. The molecule has 0 saturated carbocycles. The summed E-state index contributed by atoms with van der Waals surface area (Å²) in [5, 5.41) is 4.29. The highest BCUT2D eigenvalue weighted by Gasteiger charge is 2.23. The van der Waals surface area contributed by atoms with Gasteiger partial charge in [-0.25, -0.2) is 8.42 Å². The zero-order chi connectivity index (χ0) is 20.6. The van der Waals surface area contributed by atoms with Gasteiger partial charge in [0, 0.05) is 30.4 Å². The summed E-state index contributed by atoms with van der Waals surface area (Å²) in [5.41, 5.74) is 3.14. The average molecular weight is 422 g/mol. The Hall–Kier alpha value is -2.44. The van der Waals surface area contributed by atoms with Gasteiger partial charge in [-0.05, 0) is 74.5 Å². The molecule has 3 aromatic rings. The van der Waals surface area contributed by atoms with Gasteiger partial charge in [0.1, 0.15) is 0 Å². The molecule has 0 amide bonds. The Morgan fingerprint density at radius 2 is 1.70 bits per heavy atom. The number of sulfone groups is 1. The van der Waals surface area contributed by atoms with Crippen molar-refractivity contribution >= 4 is 26.4 Å². The predicted octanol–water partition coefficient (Wildman–Crippen LogP) is 4.13. The third kappa shape index (κ3) is 3.59. The van der Waals surface area contributed by atoms with E-state index in [1.807, 2.05) is 24.3 Å². The monoisotopic (exact) mass is 421 g/mol. The van der Waals surface area contributed by atoms with Crippen molar-refractivity contribution in [3.8, 4) is 0 Å². The molecule has 2 aliphatic heterocycles. The zero-order valence-electron chi connectivity index (χ0n) is 17.0. The second-order valence-corrected chi connectivity index (χ2v) is 10.3. The molecule has 1 N–H and O–H groups in total. The zero-order valence-corrected chi connectivity index (χ0v) is 17.9. The number of hydrogen-bond donors (Lipinski definition) is 1. The maximum Gasteiger partial charge on any atom is 0.208 e. The van der Waals surface area contributed by atoms with E-state index in [1.165, 1.54) is 11.8 Å². The molecular weight excluding hydrogens is 394 g/mol. The molecule has 5 rings (SSSR count). The van der Waals surface area contributed by atoms with Crippen LogP contribution in [0.3, 0.4) is 0 Å². The molecule has 2 fully saturated rings. The van der Waals surface area contributed by atoms with Crippen LogP contribution in [0.1, 0.15) is 37.2 Å². The van der Waals surface area contributed by atoms with Gasteiger partial charge in [0.2, 0.25) is 9.84 Å². The number of piperidine rings is 1. The molecule has 3 heterocycles. The summed E-state index contributed by atoms with van der Waals surface area (Å²) in [6.45, 7) is 4.00. The first kappa shape index (κ1) is 19.5. The summed E-state index contributed by atoms with van der Waals surface area (Å²) >= 11 is 0. The Balaban J connectivity index is 1.52. The molecule has 0 atom stereocenters. The van der Waals surface area contributed by atoms with E-state index in [9.17, 15) is 8.42 Å². The van der Waals surface area contributed by atoms with Crippen molar-refractivity contribution in [2.45, 2.75) is 41.4 Å². The van der Waals surface area contributed by atoms with Gasteiger partial charge in [0.15, 0.2) is 0 Å². The van der Waals surface area contributed by atoms with Crippen LogP contribution in [-0.2, 0) is 9.84 Å². The normalized spacial score (nSPS) is 18.2. The molecule has 2 saturated heterocycles. The Labute approximate surface area is 178 Å². The number of para-hydroxylation sites is 1. The van der Waals surface area contributed by atoms with Crippen molar-refractivity contribution in [1.82, 2.24) is 10.3 Å². The van der Waals surface area contributed by atoms with Gasteiger partial charge in [-0.3, -0.25) is 4.98 Å². The van der Waals surface area contributed by atoms with E-state index in [0.29, 0.717) is 10.8 Å². The van der Waals surface area contributed by atoms with Crippen LogP contribution in [0, 0.1) is 0 Å². The van der Waals surface area contributed by atoms with Crippen LogP contribution >= 0.6 is 0 Å². The van der Waals surface area contributed by atoms with Crippen LogP contribution in [-0.4, -0.2) is 39.6 Å². The van der Waals surface area contributed by atoms with Crippen LogP contribution in [0.15, 0.2) is 64.5 Å². The van der Waals surface area contributed by atoms with Crippen LogP contribution in [0.2, 0.25) is 0 Å². The number of nitrogens with zero attached hydrogens (tertiary/aromatic N) is 2. The highest BCUT2D eigenvalue weighted by atomic mass is 32.2. The van der Waals surface area contributed by atoms with Gasteiger partial charge in [-0.2, -0.15) is 0 Å². The van der Waals surface area contributed by atoms with Gasteiger partial charge in [0.05, 0.1) is 15.3 Å². The lowest BCUT2D eigenvalue weighted by Crippen LogP contribution is -2.26. The lowest BCUT2D eigenvalue weighted by atomic mass is 9.89. The Morgan fingerprint density at radius 1 is 0.933 bits per heavy atom. The highest BCUT2D eigenvalue weighted by molar-refractivity contribution is 7.91. The van der Waals surface area contributed by atoms with Crippen molar-refractivity contribution < 1.29 is 8.42 Å². The van der Waals surface area contributed by atoms with Gasteiger partial charge in [0.25, 0.3) is 0 Å². The van der Waals surface area contributed by atoms with Crippen LogP contribution in [0.25, 0.3) is 10.9 Å². The number of benzene rings is 2. The molecule has 0 bridgehead atoms. The second kappa shape index (κ2) is 8.00. The molecule has 2 aromatic carbocycles. The SMILES string of the molecule is O=S(=O)(c1cccc(N2CCCC2)c1)c1cnc2c(C3CCNCC3)cccc2c1. The number of rotatable bonds is 4. The number of aromatic nitrogens is 1. The number of hydrogen-bond acceptors (Lipinski definition) is 5. The molecule has 5 nitrogen and oxygen atoms in total. The smallest absolute Gasteiger partial charge is 0.208 e. The number of fused-ring (bicyclic) bond motifs is 1. The third-order valence-electron chi connectivity index (χ3n) is 6.41. The number of pyridine rings is 1. The summed E-state index contributed by atoms with van der Waals surface area (Å²) in [5.74, 6) is 0.474. The largest absolute Gasteiger partial charge is 0.372 e. The van der Waals surface area contributed by atoms with E-state index < -0.39 is 9.84 Å². The summed E-state index contributed by atoms with van der Waals surface area (Å²) in [6, 6.07) is 15.2. The van der Waals surface area contributed by atoms with Crippen molar-refractivity contribution in [2.75, 3.05) is 31.1 Å². The number of anilines is 1. The van der Waals surface area contributed by atoms with Crippen LogP contribution in [0.4, 0.5) is 5.69 Å². The topological polar surface area (TPSA) is 62.3 Å². The first-order chi connectivity index (χ1) is 14.6. The average Bonchev–Trinajstić information content (AvgIpc) is 3.34. The second-order valence-electron chi connectivity index (χ2n) is 8.31. The van der Waals surface area contributed by atoms with Gasteiger partial charge in [-0.15, -0.1) is 0 Å². The standard InChI is InChI=1S/C24H27N3O2S/c28-30(29,21-7-4-6-20(16-21)27-13-1-2-14-27)22-15-19-5-3-8-23(24(19)26-17-22)18-9-11-25-12-10-18/h3-8,15-18,25H,1-2,9-14H2. The van der Waals surface area contributed by atoms with E-state index in [0.717, 1.165) is 68.5 Å². The van der Waals surface area contributed by atoms with E-state index in [1.54, 1.807) is 18.2 Å². The summed E-state index contributed by atoms with van der Waals surface area (Å²) in [6.07, 6.45) is 6.02. The quantitative estimate of drug-likeness (QED) is 0.686. The van der Waals surface area contributed by atoms with Crippen LogP contribution in [0.5, 0.6) is 0 Å². The van der Waals surface area contributed by atoms with E-state index in [-0.39, 0.29) is 4.90 Å². The van der Waals surface area contributed by atoms with Crippen molar-refractivity contribution in [1.29, 1.82) is 0 Å². The summed E-state index contributed by atoms with van der Waals surface area (Å²) < 4.78 is 26.7.